The first kappa shape index (κ1) is 18.1. The molecule has 0 aliphatic heterocycles. The van der Waals surface area contributed by atoms with Gasteiger partial charge < -0.3 is 1.43 Å². The van der Waals surface area contributed by atoms with Crippen molar-refractivity contribution in [2.24, 2.45) is 0 Å². The Morgan fingerprint density at radius 2 is 1.62 bits per heavy atom. The van der Waals surface area contributed by atoms with Crippen molar-refractivity contribution >= 4 is 15.9 Å². The molecule has 106 valence electrons. The fourth-order valence-electron chi connectivity index (χ4n) is 1.87. The van der Waals surface area contributed by atoms with Crippen LogP contribution in [-0.2, 0) is 16.5 Å². The van der Waals surface area contributed by atoms with Crippen molar-refractivity contribution in [3.05, 3.63) is 71.3 Å². The Morgan fingerprint density at radius 3 is 2.24 bits per heavy atom. The van der Waals surface area contributed by atoms with Gasteiger partial charge in [0.05, 0.1) is 5.75 Å². The maximum atomic E-state index is 12.2. The van der Waals surface area contributed by atoms with Gasteiger partial charge in [-0.25, -0.2) is 0 Å². The van der Waals surface area contributed by atoms with Gasteiger partial charge in [-0.1, -0.05) is 48.5 Å². The molecule has 0 saturated heterocycles. The van der Waals surface area contributed by atoms with Crippen LogP contribution in [0.4, 0.5) is 0 Å². The number of benzene rings is 2. The summed E-state index contributed by atoms with van der Waals surface area (Å²) >= 11 is 0. The molecular weight excluding hydrogens is 299 g/mol. The molecule has 0 aromatic heterocycles. The molecule has 0 unspecified atom stereocenters. The van der Waals surface area contributed by atoms with Crippen LogP contribution in [0.3, 0.4) is 0 Å². The minimum Gasteiger partial charge on any atom is -1.00 e. The minimum atomic E-state index is -3.99. The summed E-state index contributed by atoms with van der Waals surface area (Å²) < 4.78 is 30.2. The number of carbonyl (C=O) groups is 1. The third-order valence-corrected chi connectivity index (χ3v) is 3.59. The van der Waals surface area contributed by atoms with Crippen LogP contribution in [0.15, 0.2) is 54.6 Å². The van der Waals surface area contributed by atoms with E-state index in [1.165, 1.54) is 0 Å². The van der Waals surface area contributed by atoms with Crippen molar-refractivity contribution in [3.8, 4) is 0 Å². The molecular formula is C15H15NaO4S. The second-order valence-electron chi connectivity index (χ2n) is 4.43. The quantitative estimate of drug-likeness (QED) is 0.457. The fraction of sp³-hybridized carbons (Fsp3) is 0.133. The summed E-state index contributed by atoms with van der Waals surface area (Å²) in [5.74, 6) is -0.463. The van der Waals surface area contributed by atoms with Gasteiger partial charge in [0.15, 0.2) is 5.78 Å². The topological polar surface area (TPSA) is 71.4 Å². The van der Waals surface area contributed by atoms with E-state index < -0.39 is 10.1 Å². The van der Waals surface area contributed by atoms with E-state index >= 15 is 0 Å². The predicted octanol–water partition coefficient (Wildman–Crippen LogP) is -0.536. The van der Waals surface area contributed by atoms with Gasteiger partial charge in [0, 0.05) is 11.1 Å². The van der Waals surface area contributed by atoms with E-state index in [1.807, 2.05) is 6.07 Å². The van der Waals surface area contributed by atoms with Crippen LogP contribution in [0.1, 0.15) is 22.9 Å². The summed E-state index contributed by atoms with van der Waals surface area (Å²) in [6.45, 7) is 0. The molecule has 0 saturated carbocycles. The normalized spacial score (nSPS) is 10.7. The molecule has 21 heavy (non-hydrogen) atoms. The van der Waals surface area contributed by atoms with Gasteiger partial charge in [0.2, 0.25) is 0 Å². The molecule has 2 rings (SSSR count). The zero-order valence-electron chi connectivity index (χ0n) is 12.7. The second kappa shape index (κ2) is 7.87. The Bertz CT molecular complexity index is 717. The van der Waals surface area contributed by atoms with Crippen molar-refractivity contribution in [2.45, 2.75) is 6.42 Å². The molecule has 6 heteroatoms. The first-order chi connectivity index (χ1) is 9.46. The largest absolute Gasteiger partial charge is 1.00 e. The zero-order chi connectivity index (χ0) is 14.6. The van der Waals surface area contributed by atoms with Gasteiger partial charge in [-0.05, 0) is 18.1 Å². The third kappa shape index (κ3) is 5.73. The molecule has 2 aromatic carbocycles. The van der Waals surface area contributed by atoms with Gasteiger partial charge in [-0.2, -0.15) is 8.42 Å². The fourth-order valence-corrected chi connectivity index (χ4v) is 2.36. The van der Waals surface area contributed by atoms with Crippen molar-refractivity contribution in [2.75, 3.05) is 5.75 Å². The number of aryl methyl sites for hydroxylation is 1. The smallest absolute Gasteiger partial charge is 1.00 e. The molecule has 1 N–H and O–H groups in total. The summed E-state index contributed by atoms with van der Waals surface area (Å²) in [7, 11) is -3.99. The average molecular weight is 314 g/mol. The molecule has 0 fully saturated rings. The van der Waals surface area contributed by atoms with Crippen LogP contribution in [0, 0.1) is 0 Å². The van der Waals surface area contributed by atoms with E-state index in [9.17, 15) is 13.2 Å². The Balaban J connectivity index is 0.00000220. The number of hydrogen-bond donors (Lipinski definition) is 1. The molecule has 2 aromatic rings. The van der Waals surface area contributed by atoms with Gasteiger partial charge in [-0.3, -0.25) is 9.35 Å². The predicted molar refractivity (Wildman–Crippen MR) is 77.5 cm³/mol. The Morgan fingerprint density at radius 1 is 1.00 bits per heavy atom. The first-order valence-corrected chi connectivity index (χ1v) is 7.70. The molecule has 4 nitrogen and oxygen atoms in total. The summed E-state index contributed by atoms with van der Waals surface area (Å²) in [6, 6.07) is 15.6. The maximum Gasteiger partial charge on any atom is 1.00 e. The average Bonchev–Trinajstić information content (AvgIpc) is 2.45. The third-order valence-electron chi connectivity index (χ3n) is 2.87. The van der Waals surface area contributed by atoms with Crippen molar-refractivity contribution < 1.29 is 48.7 Å². The monoisotopic (exact) mass is 314 g/mol. The summed E-state index contributed by atoms with van der Waals surface area (Å²) in [5.41, 5.74) is 1.79. The number of rotatable bonds is 5. The van der Waals surface area contributed by atoms with Gasteiger partial charge >= 0.3 is 29.6 Å². The molecule has 0 heterocycles. The second-order valence-corrected chi connectivity index (χ2v) is 6.00. The summed E-state index contributed by atoms with van der Waals surface area (Å²) in [4.78, 5) is 12.2. The van der Waals surface area contributed by atoms with E-state index in [0.717, 1.165) is 0 Å². The SMILES string of the molecule is O=C(c1ccccc1)c1cccc(CCS(=O)(=O)O)c1.[H-].[Na+]. The molecule has 0 aliphatic rings. The Hall–Kier alpha value is -0.980. The molecule has 0 amide bonds. The van der Waals surface area contributed by atoms with Gasteiger partial charge in [0.1, 0.15) is 0 Å². The number of hydrogen-bond acceptors (Lipinski definition) is 3. The molecule has 0 radical (unpaired) electrons. The first-order valence-electron chi connectivity index (χ1n) is 6.09. The Kier molecular flexibility index (Phi) is 6.77. The van der Waals surface area contributed by atoms with E-state index in [1.54, 1.807) is 48.5 Å². The minimum absolute atomic E-state index is 0. The van der Waals surface area contributed by atoms with Crippen LogP contribution in [0.5, 0.6) is 0 Å². The number of ketones is 1. The summed E-state index contributed by atoms with van der Waals surface area (Å²) in [6.07, 6.45) is 0.175. The molecule has 0 atom stereocenters. The van der Waals surface area contributed by atoms with Crippen LogP contribution in [0.25, 0.3) is 0 Å². The Labute approximate surface area is 147 Å². The molecule has 0 spiro atoms. The van der Waals surface area contributed by atoms with Crippen LogP contribution in [0.2, 0.25) is 0 Å². The van der Waals surface area contributed by atoms with E-state index in [2.05, 4.69) is 0 Å². The van der Waals surface area contributed by atoms with Gasteiger partial charge in [-0.15, -0.1) is 0 Å². The summed E-state index contributed by atoms with van der Waals surface area (Å²) in [5, 5.41) is 0. The number of carbonyl (C=O) groups excluding carboxylic acids is 1. The van der Waals surface area contributed by atoms with Crippen molar-refractivity contribution in [3.63, 3.8) is 0 Å². The van der Waals surface area contributed by atoms with E-state index in [-0.39, 0.29) is 48.9 Å². The maximum absolute atomic E-state index is 12.2. The van der Waals surface area contributed by atoms with Gasteiger partial charge in [0.25, 0.3) is 10.1 Å². The van der Waals surface area contributed by atoms with Crippen LogP contribution < -0.4 is 29.6 Å². The van der Waals surface area contributed by atoms with Crippen molar-refractivity contribution in [1.82, 2.24) is 0 Å². The standard InChI is InChI=1S/C15H14O4S.Na.H/c16-15(13-6-2-1-3-7-13)14-8-4-5-12(11-14)9-10-20(17,18)19;;/h1-8,11H,9-10H2,(H,17,18,19);;/q;+1;-1. The van der Waals surface area contributed by atoms with Crippen LogP contribution >= 0.6 is 0 Å². The molecule has 0 aliphatic carbocycles. The zero-order valence-corrected chi connectivity index (χ0v) is 14.5. The molecule has 0 bridgehead atoms. The van der Waals surface area contributed by atoms with Crippen molar-refractivity contribution in [1.29, 1.82) is 0 Å². The van der Waals surface area contributed by atoms with E-state index in [4.69, 9.17) is 4.55 Å². The van der Waals surface area contributed by atoms with Crippen LogP contribution in [-0.4, -0.2) is 24.5 Å². The van der Waals surface area contributed by atoms with E-state index in [0.29, 0.717) is 16.7 Å².